The number of rotatable bonds is 3. The first-order chi connectivity index (χ1) is 7.94. The zero-order valence-electron chi connectivity index (χ0n) is 10.5. The van der Waals surface area contributed by atoms with Gasteiger partial charge in [-0.15, -0.1) is 0 Å². The molecule has 2 rings (SSSR count). The average Bonchev–Trinajstić information content (AvgIpc) is 2.83. The van der Waals surface area contributed by atoms with E-state index in [-0.39, 0.29) is 17.3 Å². The third kappa shape index (κ3) is 2.12. The first-order valence-corrected chi connectivity index (χ1v) is 5.90. The number of allylic oxidation sites excluding steroid dienone is 1. The predicted molar refractivity (Wildman–Crippen MR) is 68.5 cm³/mol. The summed E-state index contributed by atoms with van der Waals surface area (Å²) in [5.74, 6) is -0.747. The van der Waals surface area contributed by atoms with Gasteiger partial charge in [-0.25, -0.2) is 0 Å². The summed E-state index contributed by atoms with van der Waals surface area (Å²) in [6.45, 7) is 6.08. The second kappa shape index (κ2) is 4.02. The normalized spacial score (nSPS) is 26.6. The first kappa shape index (κ1) is 11.9. The second-order valence-electron chi connectivity index (χ2n) is 5.41. The number of carboxylic acid groups (broad SMARTS) is 1. The quantitative estimate of drug-likeness (QED) is 0.863. The predicted octanol–water partition coefficient (Wildman–Crippen LogP) is 3.45. The van der Waals surface area contributed by atoms with E-state index in [1.807, 2.05) is 51.1 Å². The van der Waals surface area contributed by atoms with Gasteiger partial charge in [0.05, 0.1) is 5.92 Å². The van der Waals surface area contributed by atoms with E-state index < -0.39 is 5.97 Å². The molecule has 2 atom stereocenters. The molecule has 0 aromatic heterocycles. The summed E-state index contributed by atoms with van der Waals surface area (Å²) in [7, 11) is 0. The molecule has 90 valence electrons. The molecule has 1 saturated carbocycles. The van der Waals surface area contributed by atoms with Crippen molar-refractivity contribution in [2.45, 2.75) is 20.8 Å². The summed E-state index contributed by atoms with van der Waals surface area (Å²) in [4.78, 5) is 11.1. The van der Waals surface area contributed by atoms with Gasteiger partial charge < -0.3 is 5.11 Å². The van der Waals surface area contributed by atoms with Crippen molar-refractivity contribution in [3.8, 4) is 0 Å². The molecule has 1 N–H and O–H groups in total. The summed E-state index contributed by atoms with van der Waals surface area (Å²) in [5, 5.41) is 9.15. The van der Waals surface area contributed by atoms with Crippen molar-refractivity contribution in [1.82, 2.24) is 0 Å². The molecule has 1 aromatic rings. The Morgan fingerprint density at radius 3 is 2.29 bits per heavy atom. The molecule has 17 heavy (non-hydrogen) atoms. The van der Waals surface area contributed by atoms with E-state index in [1.54, 1.807) is 0 Å². The molecule has 0 saturated heterocycles. The minimum Gasteiger partial charge on any atom is -0.481 e. The van der Waals surface area contributed by atoms with Gasteiger partial charge in [-0.3, -0.25) is 4.79 Å². The molecule has 0 bridgehead atoms. The van der Waals surface area contributed by atoms with Crippen LogP contribution < -0.4 is 0 Å². The molecule has 1 aliphatic carbocycles. The molecule has 2 nitrogen and oxygen atoms in total. The number of hydrogen-bond acceptors (Lipinski definition) is 1. The lowest BCUT2D eigenvalue weighted by Gasteiger charge is -2.03. The van der Waals surface area contributed by atoms with Gasteiger partial charge in [-0.1, -0.05) is 55.8 Å². The SMILES string of the molecule is C/C(=C\c1ccccc1)C1C(C(=O)O)C1(C)C. The van der Waals surface area contributed by atoms with Crippen LogP contribution in [0.25, 0.3) is 6.08 Å². The van der Waals surface area contributed by atoms with Crippen LogP contribution in [0.5, 0.6) is 0 Å². The molecule has 1 fully saturated rings. The minimum absolute atomic E-state index is 0.110. The van der Waals surface area contributed by atoms with E-state index in [0.717, 1.165) is 11.1 Å². The number of hydrogen-bond donors (Lipinski definition) is 1. The highest BCUT2D eigenvalue weighted by atomic mass is 16.4. The zero-order chi connectivity index (χ0) is 12.6. The zero-order valence-corrected chi connectivity index (χ0v) is 10.5. The fourth-order valence-corrected chi connectivity index (χ4v) is 2.85. The Balaban J connectivity index is 2.20. The number of carboxylic acids is 1. The van der Waals surface area contributed by atoms with Crippen molar-refractivity contribution in [2.75, 3.05) is 0 Å². The van der Waals surface area contributed by atoms with Gasteiger partial charge in [0.25, 0.3) is 0 Å². The van der Waals surface area contributed by atoms with Crippen molar-refractivity contribution in [1.29, 1.82) is 0 Å². The van der Waals surface area contributed by atoms with Crippen molar-refractivity contribution >= 4 is 12.0 Å². The van der Waals surface area contributed by atoms with E-state index in [4.69, 9.17) is 5.11 Å². The lowest BCUT2D eigenvalue weighted by atomic mass is 10.0. The number of carbonyl (C=O) groups is 1. The highest BCUT2D eigenvalue weighted by molar-refractivity contribution is 5.77. The highest BCUT2D eigenvalue weighted by Crippen LogP contribution is 2.61. The van der Waals surface area contributed by atoms with Crippen LogP contribution >= 0.6 is 0 Å². The maximum Gasteiger partial charge on any atom is 0.307 e. The van der Waals surface area contributed by atoms with Crippen LogP contribution in [0.1, 0.15) is 26.3 Å². The van der Waals surface area contributed by atoms with Crippen LogP contribution in [0, 0.1) is 17.3 Å². The third-order valence-electron chi connectivity index (χ3n) is 3.78. The largest absolute Gasteiger partial charge is 0.481 e. The van der Waals surface area contributed by atoms with E-state index in [9.17, 15) is 4.79 Å². The van der Waals surface area contributed by atoms with Gasteiger partial charge in [-0.2, -0.15) is 0 Å². The van der Waals surface area contributed by atoms with Crippen LogP contribution in [0.3, 0.4) is 0 Å². The van der Waals surface area contributed by atoms with E-state index >= 15 is 0 Å². The Morgan fingerprint density at radius 1 is 1.24 bits per heavy atom. The molecular formula is C15H18O2. The molecule has 0 amide bonds. The molecule has 0 radical (unpaired) electrons. The van der Waals surface area contributed by atoms with E-state index in [2.05, 4.69) is 6.08 Å². The van der Waals surface area contributed by atoms with Crippen LogP contribution in [0.2, 0.25) is 0 Å². The van der Waals surface area contributed by atoms with Gasteiger partial charge in [-0.05, 0) is 23.8 Å². The van der Waals surface area contributed by atoms with Crippen LogP contribution in [-0.4, -0.2) is 11.1 Å². The van der Waals surface area contributed by atoms with Crippen LogP contribution in [0.4, 0.5) is 0 Å². The summed E-state index contributed by atoms with van der Waals surface area (Å²) in [6.07, 6.45) is 2.09. The van der Waals surface area contributed by atoms with Crippen LogP contribution in [0.15, 0.2) is 35.9 Å². The van der Waals surface area contributed by atoms with E-state index in [1.165, 1.54) is 0 Å². The molecule has 0 aliphatic heterocycles. The smallest absolute Gasteiger partial charge is 0.307 e. The van der Waals surface area contributed by atoms with Gasteiger partial charge in [0, 0.05) is 0 Å². The Kier molecular flexibility index (Phi) is 2.82. The molecular weight excluding hydrogens is 212 g/mol. The maximum atomic E-state index is 11.1. The fourth-order valence-electron chi connectivity index (χ4n) is 2.85. The van der Waals surface area contributed by atoms with Crippen molar-refractivity contribution in [3.05, 3.63) is 41.5 Å². The molecule has 2 heteroatoms. The van der Waals surface area contributed by atoms with Gasteiger partial charge in [0.2, 0.25) is 0 Å². The lowest BCUT2D eigenvalue weighted by Crippen LogP contribution is -2.03. The van der Waals surface area contributed by atoms with Gasteiger partial charge >= 0.3 is 5.97 Å². The fraction of sp³-hybridized carbons (Fsp3) is 0.400. The van der Waals surface area contributed by atoms with Crippen molar-refractivity contribution in [3.63, 3.8) is 0 Å². The molecule has 1 aliphatic rings. The summed E-state index contributed by atoms with van der Waals surface area (Å²) >= 11 is 0. The Labute approximate surface area is 102 Å². The Hall–Kier alpha value is -1.57. The monoisotopic (exact) mass is 230 g/mol. The molecule has 0 spiro atoms. The second-order valence-corrected chi connectivity index (χ2v) is 5.41. The third-order valence-corrected chi connectivity index (χ3v) is 3.78. The summed E-state index contributed by atoms with van der Waals surface area (Å²) < 4.78 is 0. The van der Waals surface area contributed by atoms with Crippen molar-refractivity contribution in [2.24, 2.45) is 17.3 Å². The first-order valence-electron chi connectivity index (χ1n) is 5.90. The molecule has 2 unspecified atom stereocenters. The number of benzene rings is 1. The van der Waals surface area contributed by atoms with Crippen molar-refractivity contribution < 1.29 is 9.90 Å². The number of aliphatic carboxylic acids is 1. The van der Waals surface area contributed by atoms with Gasteiger partial charge in [0.1, 0.15) is 0 Å². The summed E-state index contributed by atoms with van der Waals surface area (Å²) in [5.41, 5.74) is 2.19. The average molecular weight is 230 g/mol. The standard InChI is InChI=1S/C15H18O2/c1-10(9-11-7-5-4-6-8-11)12-13(14(16)17)15(12,2)3/h4-9,12-13H,1-3H3,(H,16,17)/b10-9+. The van der Waals surface area contributed by atoms with Gasteiger partial charge in [0.15, 0.2) is 0 Å². The highest BCUT2D eigenvalue weighted by Gasteiger charge is 2.62. The van der Waals surface area contributed by atoms with E-state index in [0.29, 0.717) is 0 Å². The Morgan fingerprint density at radius 2 is 1.82 bits per heavy atom. The maximum absolute atomic E-state index is 11.1. The summed E-state index contributed by atoms with van der Waals surface area (Å²) in [6, 6.07) is 10.0. The minimum atomic E-state index is -0.680. The molecule has 0 heterocycles. The Bertz CT molecular complexity index is 457. The lowest BCUT2D eigenvalue weighted by molar-refractivity contribution is -0.139. The van der Waals surface area contributed by atoms with Crippen LogP contribution in [-0.2, 0) is 4.79 Å². The topological polar surface area (TPSA) is 37.3 Å². The molecule has 1 aromatic carbocycles.